The SMILES string of the molecule is CCSC.[CH2]CC.c1cnccn1. The molecule has 1 radical (unpaired) electrons. The van der Waals surface area contributed by atoms with Crippen LogP contribution >= 0.6 is 11.8 Å². The predicted molar refractivity (Wildman–Crippen MR) is 61.7 cm³/mol. The van der Waals surface area contributed by atoms with Crippen molar-refractivity contribution in [3.8, 4) is 0 Å². The van der Waals surface area contributed by atoms with E-state index in [1.807, 2.05) is 18.7 Å². The Balaban J connectivity index is 0. The van der Waals surface area contributed by atoms with E-state index in [2.05, 4.69) is 30.1 Å². The largest absolute Gasteiger partial charge is 0.262 e. The minimum absolute atomic E-state index is 1.00. The summed E-state index contributed by atoms with van der Waals surface area (Å²) in [6.45, 7) is 7.64. The first-order valence-corrected chi connectivity index (χ1v) is 5.70. The zero-order valence-electron chi connectivity index (χ0n) is 8.73. The smallest absolute Gasteiger partial charge is 0.0451 e. The molecule has 0 spiro atoms. The zero-order chi connectivity index (χ0) is 10.4. The van der Waals surface area contributed by atoms with Crippen LogP contribution in [0.25, 0.3) is 0 Å². The number of thioether (sulfide) groups is 1. The lowest BCUT2D eigenvalue weighted by atomic mass is 10.6. The summed E-state index contributed by atoms with van der Waals surface area (Å²) in [7, 11) is 0. The van der Waals surface area contributed by atoms with E-state index in [9.17, 15) is 0 Å². The third-order valence-corrected chi connectivity index (χ3v) is 1.34. The average molecular weight is 199 g/mol. The van der Waals surface area contributed by atoms with Crippen LogP contribution in [0, 0.1) is 6.92 Å². The molecule has 0 aromatic carbocycles. The van der Waals surface area contributed by atoms with E-state index in [4.69, 9.17) is 0 Å². The van der Waals surface area contributed by atoms with Gasteiger partial charge < -0.3 is 0 Å². The van der Waals surface area contributed by atoms with E-state index in [0.29, 0.717) is 0 Å². The normalized spacial score (nSPS) is 7.38. The highest BCUT2D eigenvalue weighted by Gasteiger charge is 1.59. The molecule has 0 aliphatic carbocycles. The highest BCUT2D eigenvalue weighted by Crippen LogP contribution is 1.83. The summed E-state index contributed by atoms with van der Waals surface area (Å²) < 4.78 is 0. The van der Waals surface area contributed by atoms with Crippen LogP contribution in [0.3, 0.4) is 0 Å². The summed E-state index contributed by atoms with van der Waals surface area (Å²) >= 11 is 1.86. The van der Waals surface area contributed by atoms with Crippen LogP contribution in [-0.4, -0.2) is 22.0 Å². The van der Waals surface area contributed by atoms with Crippen LogP contribution < -0.4 is 0 Å². The molecule has 0 atom stereocenters. The van der Waals surface area contributed by atoms with Crippen molar-refractivity contribution < 1.29 is 0 Å². The molecule has 1 rings (SSSR count). The quantitative estimate of drug-likeness (QED) is 0.695. The van der Waals surface area contributed by atoms with Gasteiger partial charge in [-0.3, -0.25) is 9.97 Å². The van der Waals surface area contributed by atoms with Crippen LogP contribution in [0.15, 0.2) is 24.8 Å². The summed E-state index contributed by atoms with van der Waals surface area (Å²) in [4.78, 5) is 7.44. The van der Waals surface area contributed by atoms with Gasteiger partial charge >= 0.3 is 0 Å². The Labute approximate surface area is 86.2 Å². The van der Waals surface area contributed by atoms with Gasteiger partial charge in [-0.15, -0.1) is 0 Å². The Morgan fingerprint density at radius 3 is 1.38 bits per heavy atom. The molecule has 75 valence electrons. The second-order valence-electron chi connectivity index (χ2n) is 1.97. The first-order valence-electron chi connectivity index (χ1n) is 4.31. The minimum Gasteiger partial charge on any atom is -0.262 e. The van der Waals surface area contributed by atoms with Crippen molar-refractivity contribution in [1.82, 2.24) is 9.97 Å². The first-order chi connectivity index (χ1) is 6.33. The topological polar surface area (TPSA) is 25.8 Å². The van der Waals surface area contributed by atoms with E-state index in [-0.39, 0.29) is 0 Å². The van der Waals surface area contributed by atoms with Crippen LogP contribution in [0.2, 0.25) is 0 Å². The standard InChI is InChI=1S/C4H4N2.C3H8S.C3H7/c1-2-6-4-3-5-1;1-3-4-2;1-3-2/h1-4H;3H2,1-2H3;1,3H2,2H3. The van der Waals surface area contributed by atoms with Crippen molar-refractivity contribution in [2.75, 3.05) is 12.0 Å². The average Bonchev–Trinajstić information content (AvgIpc) is 2.22. The van der Waals surface area contributed by atoms with E-state index < -0.39 is 0 Å². The molecule has 0 saturated carbocycles. The fraction of sp³-hybridized carbons (Fsp3) is 0.500. The third-order valence-electron chi connectivity index (χ3n) is 0.766. The highest BCUT2D eigenvalue weighted by molar-refractivity contribution is 7.98. The molecule has 0 aliphatic heterocycles. The van der Waals surface area contributed by atoms with Gasteiger partial charge in [0.25, 0.3) is 0 Å². The minimum atomic E-state index is 1.00. The predicted octanol–water partition coefficient (Wildman–Crippen LogP) is 3.08. The number of nitrogens with zero attached hydrogens (tertiary/aromatic N) is 2. The maximum Gasteiger partial charge on any atom is 0.0451 e. The van der Waals surface area contributed by atoms with Crippen molar-refractivity contribution in [2.24, 2.45) is 0 Å². The molecule has 3 heteroatoms. The van der Waals surface area contributed by atoms with Gasteiger partial charge in [0.1, 0.15) is 0 Å². The Hall–Kier alpha value is -0.570. The monoisotopic (exact) mass is 199 g/mol. The Morgan fingerprint density at radius 2 is 1.31 bits per heavy atom. The van der Waals surface area contributed by atoms with Gasteiger partial charge in [-0.25, -0.2) is 0 Å². The van der Waals surface area contributed by atoms with E-state index in [1.54, 1.807) is 24.8 Å². The lowest BCUT2D eigenvalue weighted by Gasteiger charge is -1.70. The van der Waals surface area contributed by atoms with Gasteiger partial charge in [-0.2, -0.15) is 11.8 Å². The summed E-state index contributed by atoms with van der Waals surface area (Å²) in [5, 5.41) is 0. The molecular weight excluding hydrogens is 180 g/mol. The number of aromatic nitrogens is 2. The van der Waals surface area contributed by atoms with E-state index in [0.717, 1.165) is 6.42 Å². The zero-order valence-corrected chi connectivity index (χ0v) is 9.55. The van der Waals surface area contributed by atoms with Gasteiger partial charge in [-0.1, -0.05) is 27.2 Å². The first kappa shape index (κ1) is 14.9. The fourth-order valence-corrected chi connectivity index (χ4v) is 0.253. The van der Waals surface area contributed by atoms with E-state index in [1.165, 1.54) is 5.75 Å². The number of hydrogen-bond acceptors (Lipinski definition) is 3. The molecule has 1 aromatic heterocycles. The summed E-state index contributed by atoms with van der Waals surface area (Å²) in [5.41, 5.74) is 0. The highest BCUT2D eigenvalue weighted by atomic mass is 32.2. The van der Waals surface area contributed by atoms with Gasteiger partial charge in [0.15, 0.2) is 0 Å². The maximum atomic E-state index is 3.72. The lowest BCUT2D eigenvalue weighted by Crippen LogP contribution is -1.66. The van der Waals surface area contributed by atoms with Crippen molar-refractivity contribution in [3.05, 3.63) is 31.7 Å². The molecule has 0 fully saturated rings. The molecule has 0 unspecified atom stereocenters. The lowest BCUT2D eigenvalue weighted by molar-refractivity contribution is 1.20. The van der Waals surface area contributed by atoms with Crippen molar-refractivity contribution in [1.29, 1.82) is 0 Å². The molecule has 0 aliphatic rings. The van der Waals surface area contributed by atoms with Crippen LogP contribution in [0.4, 0.5) is 0 Å². The van der Waals surface area contributed by atoms with Gasteiger partial charge in [0, 0.05) is 24.8 Å². The molecular formula is C10H19N2S. The summed E-state index contributed by atoms with van der Waals surface area (Å²) in [6.07, 6.45) is 9.65. The molecule has 13 heavy (non-hydrogen) atoms. The van der Waals surface area contributed by atoms with Gasteiger partial charge in [-0.05, 0) is 12.0 Å². The van der Waals surface area contributed by atoms with E-state index >= 15 is 0 Å². The van der Waals surface area contributed by atoms with Crippen molar-refractivity contribution >= 4 is 11.8 Å². The van der Waals surface area contributed by atoms with Crippen LogP contribution in [0.1, 0.15) is 20.3 Å². The third kappa shape index (κ3) is 24.6. The van der Waals surface area contributed by atoms with Gasteiger partial charge in [0.05, 0.1) is 0 Å². The maximum absolute atomic E-state index is 3.72. The molecule has 0 N–H and O–H groups in total. The summed E-state index contributed by atoms with van der Waals surface area (Å²) in [6, 6.07) is 0. The van der Waals surface area contributed by atoms with Crippen LogP contribution in [-0.2, 0) is 0 Å². The Kier molecular flexibility index (Phi) is 20.1. The Bertz CT molecular complexity index is 116. The van der Waals surface area contributed by atoms with Gasteiger partial charge in [0.2, 0.25) is 0 Å². The number of rotatable bonds is 1. The second kappa shape index (κ2) is 17.5. The molecule has 1 heterocycles. The second-order valence-corrected chi connectivity index (χ2v) is 3.13. The molecule has 2 nitrogen and oxygen atoms in total. The molecule has 0 bridgehead atoms. The van der Waals surface area contributed by atoms with Crippen LogP contribution in [0.5, 0.6) is 0 Å². The molecule has 1 aromatic rings. The summed E-state index contributed by atoms with van der Waals surface area (Å²) in [5.74, 6) is 1.24. The van der Waals surface area contributed by atoms with Crippen molar-refractivity contribution in [3.63, 3.8) is 0 Å². The number of hydrogen-bond donors (Lipinski definition) is 0. The molecule has 0 amide bonds. The van der Waals surface area contributed by atoms with Crippen molar-refractivity contribution in [2.45, 2.75) is 20.3 Å². The fourth-order valence-electron chi connectivity index (χ4n) is 0.253. The Morgan fingerprint density at radius 1 is 1.08 bits per heavy atom. The molecule has 0 saturated heterocycles.